The summed E-state index contributed by atoms with van der Waals surface area (Å²) in [4.78, 5) is 12.5. The highest BCUT2D eigenvalue weighted by molar-refractivity contribution is 7.80. The topological polar surface area (TPSA) is 68.8 Å². The number of para-hydroxylation sites is 1. The number of ether oxygens (including phenoxy) is 3. The molecule has 0 aliphatic rings. The van der Waals surface area contributed by atoms with Crippen molar-refractivity contribution in [3.05, 3.63) is 84.4 Å². The van der Waals surface area contributed by atoms with Crippen molar-refractivity contribution in [2.24, 2.45) is 0 Å². The van der Waals surface area contributed by atoms with E-state index in [0.717, 1.165) is 30.2 Å². The minimum absolute atomic E-state index is 0.225. The standard InChI is InChI=1S/C29H34N2O4S/c1-2-3-4-5-9-20-33-27-18-14-24(15-19-27)30-29(36)31-28(32)23-12-16-26(17-13-23)35-22-21-34-25-10-7-6-8-11-25/h6-8,10-19H,2-5,9,20-22H2,1H3,(H2,30,31,32,36). The van der Waals surface area contributed by atoms with Crippen LogP contribution in [0.2, 0.25) is 0 Å². The monoisotopic (exact) mass is 506 g/mol. The Morgan fingerprint density at radius 3 is 1.89 bits per heavy atom. The largest absolute Gasteiger partial charge is 0.494 e. The molecule has 0 radical (unpaired) electrons. The predicted molar refractivity (Wildman–Crippen MR) is 148 cm³/mol. The van der Waals surface area contributed by atoms with Crippen LogP contribution < -0.4 is 24.8 Å². The fourth-order valence-corrected chi connectivity index (χ4v) is 3.62. The average Bonchev–Trinajstić information content (AvgIpc) is 2.90. The van der Waals surface area contributed by atoms with Gasteiger partial charge >= 0.3 is 0 Å². The maximum absolute atomic E-state index is 12.5. The Bertz CT molecular complexity index is 1060. The van der Waals surface area contributed by atoms with Gasteiger partial charge in [0.1, 0.15) is 30.5 Å². The minimum atomic E-state index is -0.297. The minimum Gasteiger partial charge on any atom is -0.494 e. The summed E-state index contributed by atoms with van der Waals surface area (Å²) in [6, 6.07) is 24.0. The first kappa shape index (κ1) is 27.0. The van der Waals surface area contributed by atoms with Crippen LogP contribution in [0.25, 0.3) is 0 Å². The van der Waals surface area contributed by atoms with Gasteiger partial charge in [0.25, 0.3) is 5.91 Å². The second-order valence-corrected chi connectivity index (χ2v) is 8.64. The van der Waals surface area contributed by atoms with Crippen LogP contribution in [0.1, 0.15) is 49.4 Å². The number of unbranched alkanes of at least 4 members (excludes halogenated alkanes) is 4. The van der Waals surface area contributed by atoms with E-state index in [0.29, 0.717) is 24.5 Å². The summed E-state index contributed by atoms with van der Waals surface area (Å²) in [6.07, 6.45) is 6.04. The first-order valence-electron chi connectivity index (χ1n) is 12.4. The number of anilines is 1. The van der Waals surface area contributed by atoms with E-state index in [4.69, 9.17) is 26.4 Å². The Morgan fingerprint density at radius 2 is 1.25 bits per heavy atom. The molecule has 3 rings (SSSR count). The Labute approximate surface area is 219 Å². The average molecular weight is 507 g/mol. The molecule has 0 aromatic heterocycles. The van der Waals surface area contributed by atoms with Crippen molar-refractivity contribution in [3.8, 4) is 17.2 Å². The third kappa shape index (κ3) is 9.96. The lowest BCUT2D eigenvalue weighted by molar-refractivity contribution is 0.0977. The van der Waals surface area contributed by atoms with Crippen molar-refractivity contribution in [2.75, 3.05) is 25.1 Å². The fraction of sp³-hybridized carbons (Fsp3) is 0.310. The summed E-state index contributed by atoms with van der Waals surface area (Å²) >= 11 is 5.29. The second-order valence-electron chi connectivity index (χ2n) is 8.23. The van der Waals surface area contributed by atoms with Gasteiger partial charge < -0.3 is 19.5 Å². The van der Waals surface area contributed by atoms with E-state index < -0.39 is 0 Å². The van der Waals surface area contributed by atoms with Crippen LogP contribution in [0.5, 0.6) is 17.2 Å². The molecule has 0 spiro atoms. The van der Waals surface area contributed by atoms with Crippen LogP contribution in [-0.4, -0.2) is 30.8 Å². The number of nitrogens with one attached hydrogen (secondary N) is 2. The number of amides is 1. The summed E-state index contributed by atoms with van der Waals surface area (Å²) in [5.74, 6) is 1.98. The zero-order valence-corrected chi connectivity index (χ0v) is 21.5. The zero-order valence-electron chi connectivity index (χ0n) is 20.7. The van der Waals surface area contributed by atoms with Crippen molar-refractivity contribution in [3.63, 3.8) is 0 Å². The van der Waals surface area contributed by atoms with E-state index in [-0.39, 0.29) is 11.0 Å². The SMILES string of the molecule is CCCCCCCOc1ccc(NC(=S)NC(=O)c2ccc(OCCOc3ccccc3)cc2)cc1. The van der Waals surface area contributed by atoms with Gasteiger partial charge in [-0.25, -0.2) is 0 Å². The molecule has 0 aliphatic heterocycles. The van der Waals surface area contributed by atoms with Gasteiger partial charge in [-0.15, -0.1) is 0 Å². The number of hydrogen-bond donors (Lipinski definition) is 2. The van der Waals surface area contributed by atoms with Gasteiger partial charge in [0.15, 0.2) is 5.11 Å². The molecule has 2 N–H and O–H groups in total. The number of carbonyl (C=O) groups is 1. The summed E-state index contributed by atoms with van der Waals surface area (Å²) in [6.45, 7) is 3.76. The molecule has 3 aromatic carbocycles. The van der Waals surface area contributed by atoms with E-state index in [9.17, 15) is 4.79 Å². The van der Waals surface area contributed by atoms with Crippen molar-refractivity contribution >= 4 is 28.9 Å². The van der Waals surface area contributed by atoms with E-state index >= 15 is 0 Å². The predicted octanol–water partition coefficient (Wildman–Crippen LogP) is 6.62. The maximum Gasteiger partial charge on any atom is 0.257 e. The molecular formula is C29H34N2O4S. The molecule has 0 saturated carbocycles. The number of hydrogen-bond acceptors (Lipinski definition) is 5. The van der Waals surface area contributed by atoms with Gasteiger partial charge in [-0.3, -0.25) is 10.1 Å². The van der Waals surface area contributed by atoms with Gasteiger partial charge in [-0.1, -0.05) is 50.8 Å². The Hall–Kier alpha value is -3.58. The molecule has 0 atom stereocenters. The normalized spacial score (nSPS) is 10.4. The number of rotatable bonds is 14. The molecule has 1 amide bonds. The van der Waals surface area contributed by atoms with Crippen molar-refractivity contribution in [1.29, 1.82) is 0 Å². The van der Waals surface area contributed by atoms with Crippen LogP contribution in [-0.2, 0) is 0 Å². The molecule has 0 saturated heterocycles. The highest BCUT2D eigenvalue weighted by Gasteiger charge is 2.09. The zero-order chi connectivity index (χ0) is 25.4. The van der Waals surface area contributed by atoms with Gasteiger partial charge in [-0.05, 0) is 79.3 Å². The van der Waals surface area contributed by atoms with E-state index in [2.05, 4.69) is 17.6 Å². The second kappa shape index (κ2) is 15.4. The molecule has 0 heterocycles. The fourth-order valence-electron chi connectivity index (χ4n) is 3.41. The highest BCUT2D eigenvalue weighted by atomic mass is 32.1. The van der Waals surface area contributed by atoms with Crippen molar-refractivity contribution < 1.29 is 19.0 Å². The molecule has 36 heavy (non-hydrogen) atoms. The van der Waals surface area contributed by atoms with Crippen LogP contribution in [0.15, 0.2) is 78.9 Å². The van der Waals surface area contributed by atoms with Crippen molar-refractivity contribution in [1.82, 2.24) is 5.32 Å². The molecule has 0 unspecified atom stereocenters. The summed E-state index contributed by atoms with van der Waals surface area (Å²) in [5, 5.41) is 5.95. The lowest BCUT2D eigenvalue weighted by atomic mass is 10.2. The first-order valence-corrected chi connectivity index (χ1v) is 12.8. The summed E-state index contributed by atoms with van der Waals surface area (Å²) < 4.78 is 17.1. The van der Waals surface area contributed by atoms with Gasteiger partial charge in [0.05, 0.1) is 6.61 Å². The Kier molecular flexibility index (Phi) is 11.6. The number of benzene rings is 3. The maximum atomic E-state index is 12.5. The number of thiocarbonyl (C=S) groups is 1. The van der Waals surface area contributed by atoms with E-state index in [1.165, 1.54) is 25.7 Å². The molecule has 0 aliphatic carbocycles. The smallest absolute Gasteiger partial charge is 0.257 e. The quantitative estimate of drug-likeness (QED) is 0.189. The van der Waals surface area contributed by atoms with E-state index in [1.54, 1.807) is 24.3 Å². The molecular weight excluding hydrogens is 472 g/mol. The van der Waals surface area contributed by atoms with Gasteiger partial charge in [0, 0.05) is 11.3 Å². The Morgan fingerprint density at radius 1 is 0.694 bits per heavy atom. The third-order valence-electron chi connectivity index (χ3n) is 5.34. The third-order valence-corrected chi connectivity index (χ3v) is 5.54. The van der Waals surface area contributed by atoms with Crippen LogP contribution in [0, 0.1) is 0 Å². The van der Waals surface area contributed by atoms with Crippen molar-refractivity contribution in [2.45, 2.75) is 39.0 Å². The van der Waals surface area contributed by atoms with Crippen LogP contribution >= 0.6 is 12.2 Å². The lowest BCUT2D eigenvalue weighted by Crippen LogP contribution is -2.34. The van der Waals surface area contributed by atoms with E-state index in [1.807, 2.05) is 54.6 Å². The van der Waals surface area contributed by atoms with Crippen LogP contribution in [0.4, 0.5) is 5.69 Å². The summed E-state index contributed by atoms with van der Waals surface area (Å²) in [7, 11) is 0. The van der Waals surface area contributed by atoms with Gasteiger partial charge in [-0.2, -0.15) is 0 Å². The molecule has 190 valence electrons. The summed E-state index contributed by atoms with van der Waals surface area (Å²) in [5.41, 5.74) is 1.26. The van der Waals surface area contributed by atoms with Gasteiger partial charge in [0.2, 0.25) is 0 Å². The van der Waals surface area contributed by atoms with Crippen LogP contribution in [0.3, 0.4) is 0 Å². The first-order chi connectivity index (χ1) is 17.6. The Balaban J connectivity index is 1.35. The molecule has 7 heteroatoms. The molecule has 0 bridgehead atoms. The number of carbonyl (C=O) groups excluding carboxylic acids is 1. The molecule has 0 fully saturated rings. The molecule has 3 aromatic rings. The lowest BCUT2D eigenvalue weighted by Gasteiger charge is -2.11. The molecule has 6 nitrogen and oxygen atoms in total. The highest BCUT2D eigenvalue weighted by Crippen LogP contribution is 2.17.